The Bertz CT molecular complexity index is 460. The monoisotopic (exact) mass is 311 g/mol. The minimum absolute atomic E-state index is 0.221. The standard InChI is InChI=1S/C13H14BrNO3/c1-3-6-15-13(17)9(2)18-12-5-4-10(8-16)7-11(12)14/h3-5,7-9H,1,6H2,2H3,(H,15,17). The molecule has 1 aromatic carbocycles. The first-order valence-corrected chi connectivity index (χ1v) is 6.17. The summed E-state index contributed by atoms with van der Waals surface area (Å²) in [6.45, 7) is 5.56. The van der Waals surface area contributed by atoms with Crippen LogP contribution in [0.5, 0.6) is 5.75 Å². The van der Waals surface area contributed by atoms with E-state index in [0.29, 0.717) is 22.3 Å². The first-order chi connectivity index (χ1) is 8.58. The molecule has 0 saturated carbocycles. The lowest BCUT2D eigenvalue weighted by atomic mass is 10.2. The SMILES string of the molecule is C=CCNC(=O)C(C)Oc1ccc(C=O)cc1Br. The molecule has 1 amide bonds. The van der Waals surface area contributed by atoms with Crippen molar-refractivity contribution in [3.05, 3.63) is 40.9 Å². The molecule has 0 fully saturated rings. The zero-order chi connectivity index (χ0) is 13.5. The van der Waals surface area contributed by atoms with Gasteiger partial charge in [0, 0.05) is 12.1 Å². The quantitative estimate of drug-likeness (QED) is 0.648. The number of aldehydes is 1. The fraction of sp³-hybridized carbons (Fsp3) is 0.231. The molecule has 5 heteroatoms. The number of amides is 1. The van der Waals surface area contributed by atoms with Crippen LogP contribution in [0.2, 0.25) is 0 Å². The van der Waals surface area contributed by atoms with Gasteiger partial charge >= 0.3 is 0 Å². The number of nitrogens with one attached hydrogen (secondary N) is 1. The van der Waals surface area contributed by atoms with E-state index in [1.165, 1.54) is 0 Å². The Balaban J connectivity index is 2.69. The maximum absolute atomic E-state index is 11.6. The first-order valence-electron chi connectivity index (χ1n) is 5.38. The van der Waals surface area contributed by atoms with Crippen LogP contribution in [-0.2, 0) is 4.79 Å². The Kier molecular flexibility index (Phi) is 5.58. The molecule has 1 N–H and O–H groups in total. The van der Waals surface area contributed by atoms with Crippen molar-refractivity contribution < 1.29 is 14.3 Å². The molecule has 96 valence electrons. The summed E-state index contributed by atoms with van der Waals surface area (Å²) in [5, 5.41) is 2.64. The van der Waals surface area contributed by atoms with Crippen molar-refractivity contribution in [2.45, 2.75) is 13.0 Å². The van der Waals surface area contributed by atoms with E-state index < -0.39 is 6.10 Å². The van der Waals surface area contributed by atoms with E-state index in [9.17, 15) is 9.59 Å². The van der Waals surface area contributed by atoms with Crippen LogP contribution in [0.1, 0.15) is 17.3 Å². The number of halogens is 1. The number of ether oxygens (including phenoxy) is 1. The number of rotatable bonds is 6. The number of hydrogen-bond donors (Lipinski definition) is 1. The van der Waals surface area contributed by atoms with Crippen molar-refractivity contribution in [1.29, 1.82) is 0 Å². The number of carbonyl (C=O) groups is 2. The molecule has 0 aromatic heterocycles. The largest absolute Gasteiger partial charge is 0.480 e. The zero-order valence-corrected chi connectivity index (χ0v) is 11.6. The van der Waals surface area contributed by atoms with Gasteiger partial charge in [-0.1, -0.05) is 6.08 Å². The highest BCUT2D eigenvalue weighted by atomic mass is 79.9. The average molecular weight is 312 g/mol. The molecule has 0 bridgehead atoms. The molecule has 1 unspecified atom stereocenters. The van der Waals surface area contributed by atoms with Gasteiger partial charge in [-0.05, 0) is 41.1 Å². The topological polar surface area (TPSA) is 55.4 Å². The van der Waals surface area contributed by atoms with Gasteiger partial charge in [-0.15, -0.1) is 6.58 Å². The maximum Gasteiger partial charge on any atom is 0.261 e. The van der Waals surface area contributed by atoms with Crippen LogP contribution in [0.25, 0.3) is 0 Å². The summed E-state index contributed by atoms with van der Waals surface area (Å²) in [4.78, 5) is 22.2. The summed E-state index contributed by atoms with van der Waals surface area (Å²) >= 11 is 3.29. The fourth-order valence-corrected chi connectivity index (χ4v) is 1.74. The van der Waals surface area contributed by atoms with Crippen molar-refractivity contribution >= 4 is 28.1 Å². The van der Waals surface area contributed by atoms with Gasteiger partial charge in [-0.25, -0.2) is 0 Å². The highest BCUT2D eigenvalue weighted by Gasteiger charge is 2.15. The van der Waals surface area contributed by atoms with Crippen molar-refractivity contribution in [3.8, 4) is 5.75 Å². The van der Waals surface area contributed by atoms with Gasteiger partial charge in [-0.3, -0.25) is 9.59 Å². The van der Waals surface area contributed by atoms with Crippen LogP contribution >= 0.6 is 15.9 Å². The zero-order valence-electron chi connectivity index (χ0n) is 9.98. The molecule has 1 atom stereocenters. The number of carbonyl (C=O) groups excluding carboxylic acids is 2. The Morgan fingerprint density at radius 3 is 2.89 bits per heavy atom. The second kappa shape index (κ2) is 6.96. The molecule has 0 aliphatic heterocycles. The van der Waals surface area contributed by atoms with Gasteiger partial charge in [0.05, 0.1) is 4.47 Å². The van der Waals surface area contributed by atoms with E-state index in [4.69, 9.17) is 4.74 Å². The fourth-order valence-electron chi connectivity index (χ4n) is 1.25. The highest BCUT2D eigenvalue weighted by molar-refractivity contribution is 9.10. The molecule has 0 radical (unpaired) electrons. The summed E-state index contributed by atoms with van der Waals surface area (Å²) in [5.41, 5.74) is 0.540. The molecular formula is C13H14BrNO3. The minimum Gasteiger partial charge on any atom is -0.480 e. The average Bonchev–Trinajstić information content (AvgIpc) is 2.38. The summed E-state index contributed by atoms with van der Waals surface area (Å²) < 4.78 is 6.13. The van der Waals surface area contributed by atoms with Crippen LogP contribution in [-0.4, -0.2) is 24.8 Å². The summed E-state index contributed by atoms with van der Waals surface area (Å²) in [6, 6.07) is 4.91. The van der Waals surface area contributed by atoms with Crippen LogP contribution < -0.4 is 10.1 Å². The maximum atomic E-state index is 11.6. The molecule has 4 nitrogen and oxygen atoms in total. The molecular weight excluding hydrogens is 298 g/mol. The van der Waals surface area contributed by atoms with E-state index in [2.05, 4.69) is 27.8 Å². The molecule has 0 aliphatic rings. The predicted molar refractivity (Wildman–Crippen MR) is 72.8 cm³/mol. The summed E-state index contributed by atoms with van der Waals surface area (Å²) in [5.74, 6) is 0.295. The van der Waals surface area contributed by atoms with Gasteiger partial charge in [-0.2, -0.15) is 0 Å². The van der Waals surface area contributed by atoms with Gasteiger partial charge in [0.15, 0.2) is 6.10 Å². The Morgan fingerprint density at radius 2 is 2.33 bits per heavy atom. The molecule has 0 saturated heterocycles. The van der Waals surface area contributed by atoms with Crippen molar-refractivity contribution in [1.82, 2.24) is 5.32 Å². The van der Waals surface area contributed by atoms with E-state index in [0.717, 1.165) is 6.29 Å². The van der Waals surface area contributed by atoms with Crippen LogP contribution in [0, 0.1) is 0 Å². The summed E-state index contributed by atoms with van der Waals surface area (Å²) in [6.07, 6.45) is 1.72. The summed E-state index contributed by atoms with van der Waals surface area (Å²) in [7, 11) is 0. The van der Waals surface area contributed by atoms with Crippen molar-refractivity contribution in [2.75, 3.05) is 6.54 Å². The van der Waals surface area contributed by atoms with E-state index in [1.807, 2.05) is 0 Å². The van der Waals surface area contributed by atoms with Crippen LogP contribution in [0.3, 0.4) is 0 Å². The van der Waals surface area contributed by atoms with E-state index in [-0.39, 0.29) is 5.91 Å². The van der Waals surface area contributed by atoms with E-state index >= 15 is 0 Å². The smallest absolute Gasteiger partial charge is 0.261 e. The lowest BCUT2D eigenvalue weighted by Gasteiger charge is -2.15. The number of benzene rings is 1. The molecule has 1 rings (SSSR count). The Morgan fingerprint density at radius 1 is 1.61 bits per heavy atom. The van der Waals surface area contributed by atoms with Gasteiger partial charge in [0.2, 0.25) is 0 Å². The third-order valence-electron chi connectivity index (χ3n) is 2.19. The van der Waals surface area contributed by atoms with Gasteiger partial charge in [0.25, 0.3) is 5.91 Å². The van der Waals surface area contributed by atoms with Crippen LogP contribution in [0.4, 0.5) is 0 Å². The molecule has 0 heterocycles. The molecule has 0 spiro atoms. The van der Waals surface area contributed by atoms with Crippen molar-refractivity contribution in [3.63, 3.8) is 0 Å². The van der Waals surface area contributed by atoms with Gasteiger partial charge in [0.1, 0.15) is 12.0 Å². The third-order valence-corrected chi connectivity index (χ3v) is 2.81. The second-order valence-corrected chi connectivity index (χ2v) is 4.46. The third kappa shape index (κ3) is 4.00. The highest BCUT2D eigenvalue weighted by Crippen LogP contribution is 2.26. The number of hydrogen-bond acceptors (Lipinski definition) is 3. The van der Waals surface area contributed by atoms with Crippen LogP contribution in [0.15, 0.2) is 35.3 Å². The molecule has 18 heavy (non-hydrogen) atoms. The Labute approximate surface area is 114 Å². The predicted octanol–water partition coefficient (Wildman–Crippen LogP) is 2.33. The minimum atomic E-state index is -0.622. The molecule has 0 aliphatic carbocycles. The normalized spacial score (nSPS) is 11.4. The first kappa shape index (κ1) is 14.4. The lowest BCUT2D eigenvalue weighted by molar-refractivity contribution is -0.127. The van der Waals surface area contributed by atoms with Gasteiger partial charge < -0.3 is 10.1 Å². The van der Waals surface area contributed by atoms with E-state index in [1.54, 1.807) is 31.2 Å². The second-order valence-electron chi connectivity index (χ2n) is 3.60. The molecule has 1 aromatic rings. The Hall–Kier alpha value is -1.62. The van der Waals surface area contributed by atoms with Crippen molar-refractivity contribution in [2.24, 2.45) is 0 Å². The lowest BCUT2D eigenvalue weighted by Crippen LogP contribution is -2.36.